The molecule has 1 fully saturated rings. The van der Waals surface area contributed by atoms with Crippen molar-refractivity contribution in [1.29, 1.82) is 0 Å². The summed E-state index contributed by atoms with van der Waals surface area (Å²) in [6.45, 7) is 2.30. The highest BCUT2D eigenvalue weighted by atomic mass is 35.5. The van der Waals surface area contributed by atoms with Crippen LogP contribution in [0.2, 0.25) is 5.02 Å². The molecule has 0 radical (unpaired) electrons. The fraction of sp³-hybridized carbons (Fsp3) is 0.571. The van der Waals surface area contributed by atoms with E-state index in [-0.39, 0.29) is 0 Å². The third-order valence-electron chi connectivity index (χ3n) is 3.60. The average molecular weight is 238 g/mol. The summed E-state index contributed by atoms with van der Waals surface area (Å²) in [6, 6.07) is 8.57. The summed E-state index contributed by atoms with van der Waals surface area (Å²) in [6.07, 6.45) is 6.97. The molecule has 2 heteroatoms. The van der Waals surface area contributed by atoms with Crippen molar-refractivity contribution >= 4 is 17.3 Å². The first kappa shape index (κ1) is 11.8. The monoisotopic (exact) mass is 237 g/mol. The molecule has 1 saturated carbocycles. The Morgan fingerprint density at radius 2 is 1.75 bits per heavy atom. The van der Waals surface area contributed by atoms with Gasteiger partial charge in [-0.2, -0.15) is 0 Å². The molecule has 1 aromatic rings. The van der Waals surface area contributed by atoms with Crippen LogP contribution >= 0.6 is 11.6 Å². The van der Waals surface area contributed by atoms with E-state index in [0.717, 1.165) is 10.9 Å². The molecular weight excluding hydrogens is 218 g/mol. The standard InChI is InChI=1S/C14H20ClN/c1-11(12-5-3-2-4-6-12)16-14-9-7-13(15)8-10-14/h7-12,16H,2-6H2,1H3. The van der Waals surface area contributed by atoms with Crippen LogP contribution in [0.5, 0.6) is 0 Å². The number of hydrogen-bond acceptors (Lipinski definition) is 1. The van der Waals surface area contributed by atoms with Gasteiger partial charge in [0.15, 0.2) is 0 Å². The van der Waals surface area contributed by atoms with E-state index in [4.69, 9.17) is 11.6 Å². The lowest BCUT2D eigenvalue weighted by Crippen LogP contribution is -2.27. The summed E-state index contributed by atoms with van der Waals surface area (Å²) in [5.41, 5.74) is 1.18. The van der Waals surface area contributed by atoms with Gasteiger partial charge in [-0.25, -0.2) is 0 Å². The molecule has 0 amide bonds. The minimum Gasteiger partial charge on any atom is -0.382 e. The van der Waals surface area contributed by atoms with Gasteiger partial charge in [-0.05, 0) is 49.9 Å². The third kappa shape index (κ3) is 3.15. The highest BCUT2D eigenvalue weighted by Crippen LogP contribution is 2.28. The van der Waals surface area contributed by atoms with E-state index in [2.05, 4.69) is 24.4 Å². The topological polar surface area (TPSA) is 12.0 Å². The van der Waals surface area contributed by atoms with Crippen molar-refractivity contribution in [2.45, 2.75) is 45.1 Å². The Balaban J connectivity index is 1.90. The minimum absolute atomic E-state index is 0.571. The fourth-order valence-corrected chi connectivity index (χ4v) is 2.69. The first-order valence-electron chi connectivity index (χ1n) is 6.28. The van der Waals surface area contributed by atoms with Gasteiger partial charge in [-0.1, -0.05) is 30.9 Å². The van der Waals surface area contributed by atoms with Gasteiger partial charge in [-0.3, -0.25) is 0 Å². The summed E-state index contributed by atoms with van der Waals surface area (Å²) in [5, 5.41) is 4.38. The van der Waals surface area contributed by atoms with Crippen LogP contribution in [0.4, 0.5) is 5.69 Å². The molecule has 0 saturated heterocycles. The van der Waals surface area contributed by atoms with E-state index in [0.29, 0.717) is 6.04 Å². The summed E-state index contributed by atoms with van der Waals surface area (Å²) in [7, 11) is 0. The SMILES string of the molecule is CC(Nc1ccc(Cl)cc1)C1CCCCC1. The summed E-state index contributed by atoms with van der Waals surface area (Å²) in [5.74, 6) is 0.837. The third-order valence-corrected chi connectivity index (χ3v) is 3.85. The smallest absolute Gasteiger partial charge is 0.0407 e. The maximum Gasteiger partial charge on any atom is 0.0407 e. The minimum atomic E-state index is 0.571. The van der Waals surface area contributed by atoms with E-state index < -0.39 is 0 Å². The molecule has 2 rings (SSSR count). The number of rotatable bonds is 3. The second-order valence-corrected chi connectivity index (χ2v) is 5.27. The molecule has 0 heterocycles. The molecular formula is C14H20ClN. The molecule has 1 nitrogen and oxygen atoms in total. The van der Waals surface area contributed by atoms with Gasteiger partial charge in [0.1, 0.15) is 0 Å². The van der Waals surface area contributed by atoms with Gasteiger partial charge in [0.2, 0.25) is 0 Å². The molecule has 1 atom stereocenters. The lowest BCUT2D eigenvalue weighted by molar-refractivity contribution is 0.328. The first-order valence-corrected chi connectivity index (χ1v) is 6.65. The van der Waals surface area contributed by atoms with E-state index in [9.17, 15) is 0 Å². The Bertz CT molecular complexity index is 314. The van der Waals surface area contributed by atoms with Crippen LogP contribution in [0.1, 0.15) is 39.0 Å². The molecule has 1 unspecified atom stereocenters. The second kappa shape index (κ2) is 5.58. The predicted molar refractivity (Wildman–Crippen MR) is 71.1 cm³/mol. The summed E-state index contributed by atoms with van der Waals surface area (Å²) < 4.78 is 0. The van der Waals surface area contributed by atoms with E-state index in [1.807, 2.05) is 12.1 Å². The van der Waals surface area contributed by atoms with Crippen LogP contribution in [-0.2, 0) is 0 Å². The molecule has 0 bridgehead atoms. The Hall–Kier alpha value is -0.690. The molecule has 0 aromatic heterocycles. The molecule has 0 aliphatic heterocycles. The van der Waals surface area contributed by atoms with Crippen molar-refractivity contribution in [3.8, 4) is 0 Å². The van der Waals surface area contributed by atoms with Crippen LogP contribution in [0.25, 0.3) is 0 Å². The molecule has 0 spiro atoms. The number of anilines is 1. The van der Waals surface area contributed by atoms with E-state index in [1.54, 1.807) is 0 Å². The maximum atomic E-state index is 5.87. The zero-order chi connectivity index (χ0) is 11.4. The van der Waals surface area contributed by atoms with E-state index in [1.165, 1.54) is 37.8 Å². The normalized spacial score (nSPS) is 19.4. The average Bonchev–Trinajstić information content (AvgIpc) is 2.33. The number of hydrogen-bond donors (Lipinski definition) is 1. The number of halogens is 1. The lowest BCUT2D eigenvalue weighted by Gasteiger charge is -2.29. The van der Waals surface area contributed by atoms with Crippen LogP contribution < -0.4 is 5.32 Å². The molecule has 16 heavy (non-hydrogen) atoms. The zero-order valence-electron chi connectivity index (χ0n) is 9.88. The second-order valence-electron chi connectivity index (χ2n) is 4.84. The van der Waals surface area contributed by atoms with Crippen molar-refractivity contribution in [2.24, 2.45) is 5.92 Å². The summed E-state index contributed by atoms with van der Waals surface area (Å²) in [4.78, 5) is 0. The van der Waals surface area contributed by atoms with Gasteiger partial charge in [-0.15, -0.1) is 0 Å². The van der Waals surface area contributed by atoms with Crippen LogP contribution in [-0.4, -0.2) is 6.04 Å². The molecule has 1 aromatic carbocycles. The zero-order valence-corrected chi connectivity index (χ0v) is 10.6. The van der Waals surface area contributed by atoms with Gasteiger partial charge >= 0.3 is 0 Å². The predicted octanol–water partition coefficient (Wildman–Crippen LogP) is 4.72. The van der Waals surface area contributed by atoms with Crippen molar-refractivity contribution in [3.63, 3.8) is 0 Å². The lowest BCUT2D eigenvalue weighted by atomic mass is 9.84. The molecule has 1 aliphatic carbocycles. The van der Waals surface area contributed by atoms with Crippen molar-refractivity contribution in [3.05, 3.63) is 29.3 Å². The quantitative estimate of drug-likeness (QED) is 0.802. The molecule has 88 valence electrons. The van der Waals surface area contributed by atoms with Crippen molar-refractivity contribution in [1.82, 2.24) is 0 Å². The highest BCUT2D eigenvalue weighted by molar-refractivity contribution is 6.30. The highest BCUT2D eigenvalue weighted by Gasteiger charge is 2.19. The number of nitrogens with one attached hydrogen (secondary N) is 1. The molecule has 1 N–H and O–H groups in total. The Morgan fingerprint density at radius 3 is 2.38 bits per heavy atom. The maximum absolute atomic E-state index is 5.87. The van der Waals surface area contributed by atoms with Gasteiger partial charge in [0, 0.05) is 16.8 Å². The van der Waals surface area contributed by atoms with Gasteiger partial charge in [0.25, 0.3) is 0 Å². The molecule has 1 aliphatic rings. The van der Waals surface area contributed by atoms with Crippen LogP contribution in [0, 0.1) is 5.92 Å². The van der Waals surface area contributed by atoms with Crippen LogP contribution in [0.3, 0.4) is 0 Å². The first-order chi connectivity index (χ1) is 7.75. The Morgan fingerprint density at radius 1 is 1.12 bits per heavy atom. The summed E-state index contributed by atoms with van der Waals surface area (Å²) >= 11 is 5.87. The Labute approximate surface area is 103 Å². The number of benzene rings is 1. The fourth-order valence-electron chi connectivity index (χ4n) is 2.56. The van der Waals surface area contributed by atoms with Crippen molar-refractivity contribution < 1.29 is 0 Å². The van der Waals surface area contributed by atoms with E-state index >= 15 is 0 Å². The van der Waals surface area contributed by atoms with Gasteiger partial charge < -0.3 is 5.32 Å². The Kier molecular flexibility index (Phi) is 4.11. The largest absolute Gasteiger partial charge is 0.382 e. The van der Waals surface area contributed by atoms with Gasteiger partial charge in [0.05, 0.1) is 0 Å². The van der Waals surface area contributed by atoms with Crippen LogP contribution in [0.15, 0.2) is 24.3 Å². The van der Waals surface area contributed by atoms with Crippen molar-refractivity contribution in [2.75, 3.05) is 5.32 Å².